The van der Waals surface area contributed by atoms with Gasteiger partial charge < -0.3 is 5.73 Å². The van der Waals surface area contributed by atoms with E-state index in [0.29, 0.717) is 5.82 Å². The maximum atomic E-state index is 6.27. The fourth-order valence-electron chi connectivity index (χ4n) is 2.09. The third kappa shape index (κ3) is 2.18. The number of aryl methyl sites for hydroxylation is 1. The Morgan fingerprint density at radius 3 is 2.53 bits per heavy atom. The molecule has 19 heavy (non-hydrogen) atoms. The van der Waals surface area contributed by atoms with Crippen LogP contribution >= 0.6 is 0 Å². The predicted molar refractivity (Wildman–Crippen MR) is 74.5 cm³/mol. The minimum absolute atomic E-state index is 0.362. The van der Waals surface area contributed by atoms with E-state index in [4.69, 9.17) is 5.73 Å². The molecule has 2 aromatic heterocycles. The third-order valence-electron chi connectivity index (χ3n) is 3.11. The number of nitrogens with zero attached hydrogens (tertiary/aromatic N) is 3. The Hall–Kier alpha value is -2.33. The number of aromatic nitrogens is 3. The molecule has 0 amide bonds. The average molecular weight is 250 g/mol. The van der Waals surface area contributed by atoms with Crippen LogP contribution in [0.1, 0.15) is 23.0 Å². The lowest BCUT2D eigenvalue weighted by Gasteiger charge is -2.12. The molecule has 2 heterocycles. The molecule has 3 aromatic rings. The van der Waals surface area contributed by atoms with Crippen molar-refractivity contribution in [3.05, 3.63) is 66.0 Å². The first-order valence-electron chi connectivity index (χ1n) is 6.12. The zero-order valence-corrected chi connectivity index (χ0v) is 10.6. The largest absolute Gasteiger partial charge is 0.318 e. The smallest absolute Gasteiger partial charge is 0.149 e. The molecule has 1 aromatic carbocycles. The van der Waals surface area contributed by atoms with Gasteiger partial charge in [0.2, 0.25) is 0 Å². The standard InChI is InChI=1S/C15H14N4/c1-10-6-18-15(19-7-10)14(16)13-9-17-8-11-4-2-3-5-12(11)13/h2-9,14H,16H2,1H3. The van der Waals surface area contributed by atoms with E-state index in [0.717, 1.165) is 21.9 Å². The first-order valence-corrected chi connectivity index (χ1v) is 6.12. The molecular weight excluding hydrogens is 236 g/mol. The number of nitrogens with two attached hydrogens (primary N) is 1. The summed E-state index contributed by atoms with van der Waals surface area (Å²) >= 11 is 0. The fourth-order valence-corrected chi connectivity index (χ4v) is 2.09. The van der Waals surface area contributed by atoms with Crippen molar-refractivity contribution >= 4 is 10.8 Å². The highest BCUT2D eigenvalue weighted by molar-refractivity contribution is 5.85. The van der Waals surface area contributed by atoms with Gasteiger partial charge >= 0.3 is 0 Å². The normalized spacial score (nSPS) is 12.5. The molecule has 1 atom stereocenters. The van der Waals surface area contributed by atoms with Crippen LogP contribution in [0.15, 0.2) is 49.1 Å². The van der Waals surface area contributed by atoms with Gasteiger partial charge in [0.15, 0.2) is 0 Å². The van der Waals surface area contributed by atoms with E-state index in [-0.39, 0.29) is 6.04 Å². The highest BCUT2D eigenvalue weighted by atomic mass is 14.9. The van der Waals surface area contributed by atoms with Crippen LogP contribution in [-0.2, 0) is 0 Å². The Morgan fingerprint density at radius 1 is 1.00 bits per heavy atom. The van der Waals surface area contributed by atoms with Crippen molar-refractivity contribution < 1.29 is 0 Å². The van der Waals surface area contributed by atoms with E-state index in [1.54, 1.807) is 18.6 Å². The molecule has 4 nitrogen and oxygen atoms in total. The molecule has 0 saturated heterocycles. The Morgan fingerprint density at radius 2 is 1.74 bits per heavy atom. The minimum atomic E-state index is -0.362. The second kappa shape index (κ2) is 4.74. The van der Waals surface area contributed by atoms with Gasteiger partial charge in [0.25, 0.3) is 0 Å². The summed E-state index contributed by atoms with van der Waals surface area (Å²) < 4.78 is 0. The van der Waals surface area contributed by atoms with Crippen LogP contribution in [-0.4, -0.2) is 15.0 Å². The van der Waals surface area contributed by atoms with Gasteiger partial charge in [-0.25, -0.2) is 9.97 Å². The summed E-state index contributed by atoms with van der Waals surface area (Å²) in [6, 6.07) is 7.68. The number of hydrogen-bond acceptors (Lipinski definition) is 4. The summed E-state index contributed by atoms with van der Waals surface area (Å²) in [5.74, 6) is 0.615. The van der Waals surface area contributed by atoms with E-state index < -0.39 is 0 Å². The molecular formula is C15H14N4. The SMILES string of the molecule is Cc1cnc(C(N)c2cncc3ccccc23)nc1. The maximum absolute atomic E-state index is 6.27. The molecule has 0 aliphatic rings. The molecule has 0 aliphatic carbocycles. The first-order chi connectivity index (χ1) is 9.25. The number of rotatable bonds is 2. The molecule has 4 heteroatoms. The molecule has 0 saturated carbocycles. The Bertz CT molecular complexity index is 701. The molecule has 1 unspecified atom stereocenters. The fraction of sp³-hybridized carbons (Fsp3) is 0.133. The topological polar surface area (TPSA) is 64.7 Å². The Labute approximate surface area is 111 Å². The van der Waals surface area contributed by atoms with Crippen molar-refractivity contribution in [1.29, 1.82) is 0 Å². The van der Waals surface area contributed by atoms with E-state index in [9.17, 15) is 0 Å². The highest BCUT2D eigenvalue weighted by Gasteiger charge is 2.14. The number of fused-ring (bicyclic) bond motifs is 1. The van der Waals surface area contributed by atoms with E-state index >= 15 is 0 Å². The van der Waals surface area contributed by atoms with Crippen molar-refractivity contribution in [2.45, 2.75) is 13.0 Å². The van der Waals surface area contributed by atoms with Crippen LogP contribution in [0.4, 0.5) is 0 Å². The summed E-state index contributed by atoms with van der Waals surface area (Å²) in [5, 5.41) is 2.16. The molecule has 0 spiro atoms. The molecule has 0 radical (unpaired) electrons. The van der Waals surface area contributed by atoms with Crippen molar-refractivity contribution in [2.24, 2.45) is 5.73 Å². The number of benzene rings is 1. The number of pyridine rings is 1. The summed E-state index contributed by atoms with van der Waals surface area (Å²) in [6.45, 7) is 1.95. The zero-order valence-electron chi connectivity index (χ0n) is 10.6. The molecule has 94 valence electrons. The van der Waals surface area contributed by atoms with E-state index in [1.807, 2.05) is 37.4 Å². The van der Waals surface area contributed by atoms with Gasteiger partial charge in [-0.15, -0.1) is 0 Å². The summed E-state index contributed by atoms with van der Waals surface area (Å²) in [4.78, 5) is 12.8. The van der Waals surface area contributed by atoms with Crippen LogP contribution in [0.3, 0.4) is 0 Å². The average Bonchev–Trinajstić information content (AvgIpc) is 2.47. The van der Waals surface area contributed by atoms with Gasteiger partial charge in [-0.05, 0) is 17.9 Å². The highest BCUT2D eigenvalue weighted by Crippen LogP contribution is 2.24. The lowest BCUT2D eigenvalue weighted by molar-refractivity contribution is 0.779. The second-order valence-corrected chi connectivity index (χ2v) is 4.55. The van der Waals surface area contributed by atoms with Crippen LogP contribution in [0.5, 0.6) is 0 Å². The summed E-state index contributed by atoms with van der Waals surface area (Å²) in [7, 11) is 0. The quantitative estimate of drug-likeness (QED) is 0.758. The molecule has 0 bridgehead atoms. The predicted octanol–water partition coefficient (Wildman–Crippen LogP) is 2.38. The van der Waals surface area contributed by atoms with Gasteiger partial charge in [-0.1, -0.05) is 24.3 Å². The lowest BCUT2D eigenvalue weighted by atomic mass is 10.0. The lowest BCUT2D eigenvalue weighted by Crippen LogP contribution is -2.16. The Balaban J connectivity index is 2.11. The van der Waals surface area contributed by atoms with Gasteiger partial charge in [0.05, 0.1) is 6.04 Å². The minimum Gasteiger partial charge on any atom is -0.318 e. The van der Waals surface area contributed by atoms with Crippen molar-refractivity contribution in [1.82, 2.24) is 15.0 Å². The number of hydrogen-bond donors (Lipinski definition) is 1. The molecule has 3 rings (SSSR count). The zero-order chi connectivity index (χ0) is 13.2. The van der Waals surface area contributed by atoms with Gasteiger partial charge in [-0.2, -0.15) is 0 Å². The van der Waals surface area contributed by atoms with Crippen molar-refractivity contribution in [3.8, 4) is 0 Å². The summed E-state index contributed by atoms with van der Waals surface area (Å²) in [5.41, 5.74) is 8.23. The Kier molecular flexibility index (Phi) is 2.93. The molecule has 2 N–H and O–H groups in total. The van der Waals surface area contributed by atoms with Crippen molar-refractivity contribution in [3.63, 3.8) is 0 Å². The first kappa shape index (κ1) is 11.7. The van der Waals surface area contributed by atoms with Gasteiger partial charge in [0, 0.05) is 35.7 Å². The van der Waals surface area contributed by atoms with E-state index in [1.165, 1.54) is 0 Å². The summed E-state index contributed by atoms with van der Waals surface area (Å²) in [6.07, 6.45) is 7.18. The van der Waals surface area contributed by atoms with Gasteiger partial charge in [-0.3, -0.25) is 4.98 Å². The maximum Gasteiger partial charge on any atom is 0.149 e. The van der Waals surface area contributed by atoms with Crippen LogP contribution in [0.25, 0.3) is 10.8 Å². The second-order valence-electron chi connectivity index (χ2n) is 4.55. The molecule has 0 aliphatic heterocycles. The van der Waals surface area contributed by atoms with Gasteiger partial charge in [0.1, 0.15) is 5.82 Å². The van der Waals surface area contributed by atoms with Crippen molar-refractivity contribution in [2.75, 3.05) is 0 Å². The van der Waals surface area contributed by atoms with Crippen LogP contribution in [0, 0.1) is 6.92 Å². The van der Waals surface area contributed by atoms with Crippen LogP contribution in [0.2, 0.25) is 0 Å². The van der Waals surface area contributed by atoms with E-state index in [2.05, 4.69) is 15.0 Å². The monoisotopic (exact) mass is 250 g/mol. The third-order valence-corrected chi connectivity index (χ3v) is 3.11. The molecule has 0 fully saturated rings. The van der Waals surface area contributed by atoms with Crippen LogP contribution < -0.4 is 5.73 Å².